The van der Waals surface area contributed by atoms with Gasteiger partial charge in [0.25, 0.3) is 0 Å². The van der Waals surface area contributed by atoms with Crippen LogP contribution in [-0.2, 0) is 0 Å². The summed E-state index contributed by atoms with van der Waals surface area (Å²) >= 11 is 0. The number of hydrogen-bond acceptors (Lipinski definition) is 6. The molecule has 0 amide bonds. The molecule has 1 saturated carbocycles. The van der Waals surface area contributed by atoms with Crippen molar-refractivity contribution in [2.75, 3.05) is 18.0 Å². The molecular formula is C15H23N5O2. The van der Waals surface area contributed by atoms with E-state index in [-0.39, 0.29) is 5.69 Å². The van der Waals surface area contributed by atoms with Crippen LogP contribution in [0.5, 0.6) is 0 Å². The van der Waals surface area contributed by atoms with Crippen molar-refractivity contribution in [3.05, 3.63) is 22.5 Å². The molecule has 7 heteroatoms. The fraction of sp³-hybridized carbons (Fsp3) is 0.733. The van der Waals surface area contributed by atoms with Gasteiger partial charge in [-0.1, -0.05) is 19.3 Å². The first-order chi connectivity index (χ1) is 10.7. The summed E-state index contributed by atoms with van der Waals surface area (Å²) < 4.78 is 0. The summed E-state index contributed by atoms with van der Waals surface area (Å²) in [5.41, 5.74) is -0.0577. The number of rotatable bonds is 4. The summed E-state index contributed by atoms with van der Waals surface area (Å²) in [5, 5.41) is 14.4. The fourth-order valence-corrected chi connectivity index (χ4v) is 3.47. The Morgan fingerprint density at radius 2 is 1.77 bits per heavy atom. The van der Waals surface area contributed by atoms with Gasteiger partial charge in [-0.15, -0.1) is 0 Å². The Balaban J connectivity index is 1.58. The Labute approximate surface area is 130 Å². The summed E-state index contributed by atoms with van der Waals surface area (Å²) in [6.07, 6.45) is 11.5. The van der Waals surface area contributed by atoms with E-state index in [1.165, 1.54) is 50.9 Å². The maximum atomic E-state index is 10.7. The van der Waals surface area contributed by atoms with Crippen molar-refractivity contribution in [3.63, 3.8) is 0 Å². The zero-order valence-electron chi connectivity index (χ0n) is 12.8. The molecule has 0 unspecified atom stereocenters. The highest BCUT2D eigenvalue weighted by molar-refractivity contribution is 5.34. The van der Waals surface area contributed by atoms with Gasteiger partial charge in [0, 0.05) is 25.2 Å². The quantitative estimate of drug-likeness (QED) is 0.678. The molecule has 0 spiro atoms. The van der Waals surface area contributed by atoms with Crippen molar-refractivity contribution in [1.82, 2.24) is 15.3 Å². The number of anilines is 1. The molecule has 1 atom stereocenters. The maximum Gasteiger partial charge on any atom is 0.305 e. The van der Waals surface area contributed by atoms with E-state index in [2.05, 4.69) is 20.2 Å². The lowest BCUT2D eigenvalue weighted by Gasteiger charge is -2.36. The SMILES string of the molecule is O=[N+]([O-])c1cnc(N2CCC[C@H](NC3CCCCC3)C2)nc1. The lowest BCUT2D eigenvalue weighted by molar-refractivity contribution is -0.385. The fourth-order valence-electron chi connectivity index (χ4n) is 3.47. The van der Waals surface area contributed by atoms with Gasteiger partial charge in [0.05, 0.1) is 4.92 Å². The van der Waals surface area contributed by atoms with E-state index in [0.29, 0.717) is 18.0 Å². The number of nitro groups is 1. The monoisotopic (exact) mass is 305 g/mol. The molecule has 3 rings (SSSR count). The molecule has 2 fully saturated rings. The minimum absolute atomic E-state index is 0.0577. The van der Waals surface area contributed by atoms with Gasteiger partial charge in [0.2, 0.25) is 5.95 Å². The Kier molecular flexibility index (Phi) is 4.82. The minimum atomic E-state index is -0.465. The summed E-state index contributed by atoms with van der Waals surface area (Å²) in [6.45, 7) is 1.80. The van der Waals surface area contributed by atoms with Crippen LogP contribution in [0.2, 0.25) is 0 Å². The van der Waals surface area contributed by atoms with Crippen molar-refractivity contribution < 1.29 is 4.92 Å². The second-order valence-electron chi connectivity index (χ2n) is 6.29. The van der Waals surface area contributed by atoms with Crippen molar-refractivity contribution in [1.29, 1.82) is 0 Å². The Morgan fingerprint density at radius 3 is 2.45 bits per heavy atom. The molecule has 1 saturated heterocycles. The topological polar surface area (TPSA) is 84.2 Å². The van der Waals surface area contributed by atoms with Crippen molar-refractivity contribution in [3.8, 4) is 0 Å². The molecule has 1 aliphatic carbocycles. The highest BCUT2D eigenvalue weighted by Crippen LogP contribution is 2.21. The van der Waals surface area contributed by atoms with Crippen molar-refractivity contribution in [2.24, 2.45) is 0 Å². The number of piperidine rings is 1. The van der Waals surface area contributed by atoms with Gasteiger partial charge in [-0.2, -0.15) is 0 Å². The minimum Gasteiger partial charge on any atom is -0.339 e. The molecule has 1 N–H and O–H groups in total. The second kappa shape index (κ2) is 7.00. The number of hydrogen-bond donors (Lipinski definition) is 1. The molecule has 0 radical (unpaired) electrons. The molecule has 1 aromatic heterocycles. The Bertz CT molecular complexity index is 501. The smallest absolute Gasteiger partial charge is 0.305 e. The van der Waals surface area contributed by atoms with E-state index in [0.717, 1.165) is 19.5 Å². The summed E-state index contributed by atoms with van der Waals surface area (Å²) in [6, 6.07) is 1.12. The van der Waals surface area contributed by atoms with E-state index < -0.39 is 4.92 Å². The third-order valence-corrected chi connectivity index (χ3v) is 4.62. The molecule has 120 valence electrons. The second-order valence-corrected chi connectivity index (χ2v) is 6.29. The van der Waals surface area contributed by atoms with Gasteiger partial charge < -0.3 is 10.2 Å². The van der Waals surface area contributed by atoms with Crippen LogP contribution in [0.4, 0.5) is 11.6 Å². The predicted octanol–water partition coefficient (Wildman–Crippen LogP) is 2.28. The predicted molar refractivity (Wildman–Crippen MR) is 83.9 cm³/mol. The van der Waals surface area contributed by atoms with Gasteiger partial charge in [0.15, 0.2) is 0 Å². The molecule has 2 aliphatic rings. The zero-order valence-corrected chi connectivity index (χ0v) is 12.8. The molecule has 0 aromatic carbocycles. The lowest BCUT2D eigenvalue weighted by Crippen LogP contribution is -2.50. The van der Waals surface area contributed by atoms with Crippen LogP contribution in [0.15, 0.2) is 12.4 Å². The third-order valence-electron chi connectivity index (χ3n) is 4.62. The first-order valence-electron chi connectivity index (χ1n) is 8.20. The highest BCUT2D eigenvalue weighted by atomic mass is 16.6. The first-order valence-corrected chi connectivity index (χ1v) is 8.20. The standard InChI is InChI=1S/C15H23N5O2/c21-20(22)14-9-16-15(17-10-14)19-8-4-7-13(11-19)18-12-5-2-1-3-6-12/h9-10,12-13,18H,1-8,11H2/t13-/m0/s1. The van der Waals surface area contributed by atoms with E-state index in [1.807, 2.05) is 0 Å². The normalized spacial score (nSPS) is 23.5. The van der Waals surface area contributed by atoms with Crippen LogP contribution < -0.4 is 10.2 Å². The highest BCUT2D eigenvalue weighted by Gasteiger charge is 2.25. The first kappa shape index (κ1) is 15.1. The molecule has 1 aromatic rings. The Hall–Kier alpha value is -1.76. The molecule has 0 bridgehead atoms. The van der Waals surface area contributed by atoms with Gasteiger partial charge >= 0.3 is 5.69 Å². The molecule has 1 aliphatic heterocycles. The van der Waals surface area contributed by atoms with Crippen LogP contribution in [-0.4, -0.2) is 40.1 Å². The van der Waals surface area contributed by atoms with Crippen LogP contribution in [0.3, 0.4) is 0 Å². The average Bonchev–Trinajstić information content (AvgIpc) is 2.56. The van der Waals surface area contributed by atoms with Crippen LogP contribution >= 0.6 is 0 Å². The summed E-state index contributed by atoms with van der Waals surface area (Å²) in [4.78, 5) is 20.6. The number of nitrogens with one attached hydrogen (secondary N) is 1. The Morgan fingerprint density at radius 1 is 1.09 bits per heavy atom. The molecule has 22 heavy (non-hydrogen) atoms. The number of nitrogens with zero attached hydrogens (tertiary/aromatic N) is 4. The largest absolute Gasteiger partial charge is 0.339 e. The lowest BCUT2D eigenvalue weighted by atomic mass is 9.94. The van der Waals surface area contributed by atoms with Crippen LogP contribution in [0.25, 0.3) is 0 Å². The van der Waals surface area contributed by atoms with Crippen LogP contribution in [0.1, 0.15) is 44.9 Å². The van der Waals surface area contributed by atoms with E-state index in [4.69, 9.17) is 0 Å². The number of aromatic nitrogens is 2. The van der Waals surface area contributed by atoms with E-state index >= 15 is 0 Å². The van der Waals surface area contributed by atoms with Gasteiger partial charge in [0.1, 0.15) is 12.4 Å². The van der Waals surface area contributed by atoms with Gasteiger partial charge in [-0.25, -0.2) is 9.97 Å². The molecule has 2 heterocycles. The van der Waals surface area contributed by atoms with Gasteiger partial charge in [-0.05, 0) is 25.7 Å². The zero-order chi connectivity index (χ0) is 15.4. The van der Waals surface area contributed by atoms with E-state index in [1.54, 1.807) is 0 Å². The summed E-state index contributed by atoms with van der Waals surface area (Å²) in [7, 11) is 0. The van der Waals surface area contributed by atoms with Crippen LogP contribution in [0, 0.1) is 10.1 Å². The van der Waals surface area contributed by atoms with Gasteiger partial charge in [-0.3, -0.25) is 10.1 Å². The average molecular weight is 305 g/mol. The molecular weight excluding hydrogens is 282 g/mol. The van der Waals surface area contributed by atoms with E-state index in [9.17, 15) is 10.1 Å². The summed E-state index contributed by atoms with van der Waals surface area (Å²) in [5.74, 6) is 0.598. The molecule has 7 nitrogen and oxygen atoms in total. The maximum absolute atomic E-state index is 10.7. The van der Waals surface area contributed by atoms with Crippen molar-refractivity contribution in [2.45, 2.75) is 57.0 Å². The van der Waals surface area contributed by atoms with Crippen molar-refractivity contribution >= 4 is 11.6 Å². The third kappa shape index (κ3) is 3.71.